The van der Waals surface area contributed by atoms with Crippen molar-refractivity contribution in [3.05, 3.63) is 34.5 Å². The molecule has 2 heterocycles. The summed E-state index contributed by atoms with van der Waals surface area (Å²) in [6, 6.07) is 4.00. The minimum atomic E-state index is -0.0263. The van der Waals surface area contributed by atoms with Crippen LogP contribution in [0.3, 0.4) is 0 Å². The molecule has 0 N–H and O–H groups in total. The first-order valence-electron chi connectivity index (χ1n) is 8.50. The first-order chi connectivity index (χ1) is 12.0. The van der Waals surface area contributed by atoms with Gasteiger partial charge in [0.1, 0.15) is 6.17 Å². The fraction of sp³-hybridized carbons (Fsp3) is 0.474. The van der Waals surface area contributed by atoms with Crippen LogP contribution in [0.5, 0.6) is 11.5 Å². The summed E-state index contributed by atoms with van der Waals surface area (Å²) in [5, 5.41) is 1.99. The molecule has 1 unspecified atom stereocenters. The zero-order valence-electron chi connectivity index (χ0n) is 16.0. The molecule has 1 atom stereocenters. The molecule has 0 aromatic heterocycles. The summed E-state index contributed by atoms with van der Waals surface area (Å²) in [5.74, 6) is 1.48. The summed E-state index contributed by atoms with van der Waals surface area (Å²) >= 11 is 0. The standard InChI is InChI=1S/C19H26N4O2.ClH/c1-22(2)9-6-10-25-17-12-15-13(11-16(17)24-5)18-14(21-15)7-8-20-19(18)23(3)4;/h7-8,11-12,19H,6,9-10H2,1-5H3;1H. The van der Waals surface area contributed by atoms with Gasteiger partial charge in [-0.1, -0.05) is 0 Å². The van der Waals surface area contributed by atoms with Gasteiger partial charge in [0.15, 0.2) is 11.5 Å². The zero-order valence-corrected chi connectivity index (χ0v) is 16.8. The maximum atomic E-state index is 5.95. The summed E-state index contributed by atoms with van der Waals surface area (Å²) in [6.07, 6.45) is 4.72. The molecule has 0 bridgehead atoms. The Hall–Kier alpha value is -1.89. The quantitative estimate of drug-likeness (QED) is 0.666. The van der Waals surface area contributed by atoms with Crippen LogP contribution in [0, 0.1) is 0 Å². The average Bonchev–Trinajstić information content (AvgIpc) is 2.94. The minimum Gasteiger partial charge on any atom is -0.493 e. The second-order valence-corrected chi connectivity index (χ2v) is 6.74. The van der Waals surface area contributed by atoms with E-state index in [1.54, 1.807) is 7.11 Å². The number of aliphatic imine (C=N–C) groups is 1. The molecule has 142 valence electrons. The first kappa shape index (κ1) is 20.4. The third kappa shape index (κ3) is 4.09. The average molecular weight is 379 g/mol. The van der Waals surface area contributed by atoms with Crippen molar-refractivity contribution >= 4 is 24.2 Å². The Labute approximate surface area is 160 Å². The number of hydrogen-bond acceptors (Lipinski definition) is 6. The zero-order chi connectivity index (χ0) is 18.0. The monoisotopic (exact) mass is 378 g/mol. The lowest BCUT2D eigenvalue weighted by atomic mass is 10.1. The SMILES string of the molecule is COc1cc2c(cc1OCCCN(C)C)=NC1=CC=NC(N(C)C)C=21.Cl. The van der Waals surface area contributed by atoms with E-state index in [0.29, 0.717) is 6.61 Å². The van der Waals surface area contributed by atoms with Gasteiger partial charge < -0.3 is 14.4 Å². The van der Waals surface area contributed by atoms with Crippen LogP contribution >= 0.6 is 12.4 Å². The number of ether oxygens (including phenoxy) is 2. The van der Waals surface area contributed by atoms with E-state index in [2.05, 4.69) is 28.9 Å². The van der Waals surface area contributed by atoms with E-state index in [1.165, 1.54) is 0 Å². The lowest BCUT2D eigenvalue weighted by Crippen LogP contribution is -2.34. The van der Waals surface area contributed by atoms with Crippen molar-refractivity contribution in [3.8, 4) is 11.5 Å². The van der Waals surface area contributed by atoms with E-state index in [4.69, 9.17) is 14.5 Å². The van der Waals surface area contributed by atoms with Gasteiger partial charge >= 0.3 is 0 Å². The maximum Gasteiger partial charge on any atom is 0.163 e. The lowest BCUT2D eigenvalue weighted by Gasteiger charge is -2.24. The van der Waals surface area contributed by atoms with Gasteiger partial charge in [-0.15, -0.1) is 12.4 Å². The van der Waals surface area contributed by atoms with E-state index < -0.39 is 0 Å². The number of allylic oxidation sites excluding steroid dienone is 1. The van der Waals surface area contributed by atoms with E-state index >= 15 is 0 Å². The van der Waals surface area contributed by atoms with Gasteiger partial charge in [0, 0.05) is 29.6 Å². The highest BCUT2D eigenvalue weighted by Gasteiger charge is 2.26. The van der Waals surface area contributed by atoms with Crippen LogP contribution in [0.4, 0.5) is 0 Å². The highest BCUT2D eigenvalue weighted by atomic mass is 35.5. The molecule has 26 heavy (non-hydrogen) atoms. The number of hydrogen-bond donors (Lipinski definition) is 0. The lowest BCUT2D eigenvalue weighted by molar-refractivity contribution is 0.268. The largest absolute Gasteiger partial charge is 0.493 e. The molecule has 0 saturated heterocycles. The number of halogens is 1. The van der Waals surface area contributed by atoms with Crippen LogP contribution < -0.4 is 20.0 Å². The summed E-state index contributed by atoms with van der Waals surface area (Å²) < 4.78 is 11.5. The molecule has 0 spiro atoms. The van der Waals surface area contributed by atoms with Crippen LogP contribution in [0.25, 0.3) is 5.57 Å². The normalized spacial score (nSPS) is 17.4. The third-order valence-electron chi connectivity index (χ3n) is 4.30. The summed E-state index contributed by atoms with van der Waals surface area (Å²) in [7, 11) is 9.84. The summed E-state index contributed by atoms with van der Waals surface area (Å²) in [4.78, 5) is 13.6. The Morgan fingerprint density at radius 3 is 2.54 bits per heavy atom. The van der Waals surface area contributed by atoms with Crippen LogP contribution in [-0.4, -0.2) is 70.6 Å². The van der Waals surface area contributed by atoms with Crippen LogP contribution in [0.2, 0.25) is 0 Å². The van der Waals surface area contributed by atoms with Crippen molar-refractivity contribution in [2.75, 3.05) is 48.5 Å². The number of nitrogens with zero attached hydrogens (tertiary/aromatic N) is 4. The number of methoxy groups -OCH3 is 1. The Morgan fingerprint density at radius 2 is 1.88 bits per heavy atom. The molecule has 0 aliphatic carbocycles. The fourth-order valence-electron chi connectivity index (χ4n) is 3.08. The van der Waals surface area contributed by atoms with Crippen molar-refractivity contribution in [2.24, 2.45) is 9.98 Å². The minimum absolute atomic E-state index is 0. The smallest absolute Gasteiger partial charge is 0.163 e. The van der Waals surface area contributed by atoms with Gasteiger partial charge in [-0.05, 0) is 46.8 Å². The first-order valence-corrected chi connectivity index (χ1v) is 8.50. The van der Waals surface area contributed by atoms with Gasteiger partial charge in [0.05, 0.1) is 24.8 Å². The van der Waals surface area contributed by atoms with Crippen LogP contribution in [0.1, 0.15) is 6.42 Å². The van der Waals surface area contributed by atoms with Gasteiger partial charge in [0.25, 0.3) is 0 Å². The Kier molecular flexibility index (Phi) is 6.81. The van der Waals surface area contributed by atoms with E-state index in [9.17, 15) is 0 Å². The van der Waals surface area contributed by atoms with Crippen molar-refractivity contribution in [2.45, 2.75) is 12.6 Å². The topological polar surface area (TPSA) is 49.7 Å². The molecule has 0 fully saturated rings. The van der Waals surface area contributed by atoms with Crippen molar-refractivity contribution in [3.63, 3.8) is 0 Å². The van der Waals surface area contributed by atoms with E-state index in [1.807, 2.05) is 38.5 Å². The van der Waals surface area contributed by atoms with Crippen LogP contribution in [-0.2, 0) is 0 Å². The van der Waals surface area contributed by atoms with Gasteiger partial charge in [-0.3, -0.25) is 9.89 Å². The highest BCUT2D eigenvalue weighted by Crippen LogP contribution is 2.28. The predicted molar refractivity (Wildman–Crippen MR) is 107 cm³/mol. The Morgan fingerprint density at radius 1 is 1.12 bits per heavy atom. The Balaban J connectivity index is 0.00000243. The number of fused-ring (bicyclic) bond motifs is 2. The maximum absolute atomic E-state index is 5.95. The molecular formula is C19H27ClN4O2. The molecule has 2 aliphatic heterocycles. The molecule has 6 nitrogen and oxygen atoms in total. The van der Waals surface area contributed by atoms with Gasteiger partial charge in [-0.25, -0.2) is 4.99 Å². The molecule has 2 aliphatic rings. The second kappa shape index (κ2) is 8.66. The van der Waals surface area contributed by atoms with Gasteiger partial charge in [-0.2, -0.15) is 0 Å². The molecule has 0 radical (unpaired) electrons. The molecule has 3 rings (SSSR count). The number of dihydropyridines is 1. The Bertz CT molecular complexity index is 831. The van der Waals surface area contributed by atoms with E-state index in [0.717, 1.165) is 46.3 Å². The predicted octanol–water partition coefficient (Wildman–Crippen LogP) is 1.09. The molecule has 0 amide bonds. The second-order valence-electron chi connectivity index (χ2n) is 6.74. The van der Waals surface area contributed by atoms with Gasteiger partial charge in [0.2, 0.25) is 0 Å². The molecule has 7 heteroatoms. The van der Waals surface area contributed by atoms with E-state index in [-0.39, 0.29) is 18.6 Å². The molecule has 0 saturated carbocycles. The summed E-state index contributed by atoms with van der Waals surface area (Å²) in [5.41, 5.74) is 2.09. The van der Waals surface area contributed by atoms with Crippen molar-refractivity contribution < 1.29 is 9.47 Å². The molecular weight excluding hydrogens is 352 g/mol. The van der Waals surface area contributed by atoms with Crippen molar-refractivity contribution in [1.29, 1.82) is 0 Å². The highest BCUT2D eigenvalue weighted by molar-refractivity contribution is 5.86. The fourth-order valence-corrected chi connectivity index (χ4v) is 3.08. The molecule has 1 aromatic carbocycles. The number of rotatable bonds is 7. The van der Waals surface area contributed by atoms with Crippen molar-refractivity contribution in [1.82, 2.24) is 9.80 Å². The van der Waals surface area contributed by atoms with Crippen LogP contribution in [0.15, 0.2) is 33.9 Å². The summed E-state index contributed by atoms with van der Waals surface area (Å²) in [6.45, 7) is 1.64. The third-order valence-corrected chi connectivity index (χ3v) is 4.30. The molecule has 1 aromatic rings. The number of benzene rings is 1.